The molecule has 1 aliphatic rings. The first-order chi connectivity index (χ1) is 17.4. The number of halogens is 1. The van der Waals surface area contributed by atoms with Crippen LogP contribution in [0.4, 0.5) is 5.69 Å². The highest BCUT2D eigenvalue weighted by molar-refractivity contribution is 8.00. The molecule has 0 saturated carbocycles. The van der Waals surface area contributed by atoms with Crippen LogP contribution < -0.4 is 5.32 Å². The van der Waals surface area contributed by atoms with E-state index < -0.39 is 10.0 Å². The second-order valence-corrected chi connectivity index (χ2v) is 11.1. The van der Waals surface area contributed by atoms with Crippen molar-refractivity contribution in [3.8, 4) is 5.69 Å². The van der Waals surface area contributed by atoms with Crippen molar-refractivity contribution in [2.45, 2.75) is 9.92 Å². The minimum absolute atomic E-state index is 0.0272. The summed E-state index contributed by atoms with van der Waals surface area (Å²) in [6.45, 7) is 1.23. The summed E-state index contributed by atoms with van der Waals surface area (Å²) in [6, 6.07) is 13.9. The third-order valence-corrected chi connectivity index (χ3v) is 8.72. The lowest BCUT2D eigenvalue weighted by Crippen LogP contribution is -2.40. The average molecular weight is 545 g/mol. The van der Waals surface area contributed by atoms with E-state index in [1.807, 2.05) is 30.3 Å². The maximum atomic E-state index is 13.0. The molecule has 186 valence electrons. The van der Waals surface area contributed by atoms with Crippen molar-refractivity contribution in [3.63, 3.8) is 0 Å². The van der Waals surface area contributed by atoms with Crippen molar-refractivity contribution in [1.29, 1.82) is 0 Å². The van der Waals surface area contributed by atoms with Gasteiger partial charge in [0.05, 0.1) is 51.8 Å². The molecule has 1 saturated heterocycles. The number of fused-ring (bicyclic) bond motifs is 1. The Labute approximate surface area is 216 Å². The molecule has 0 spiro atoms. The molecule has 4 aromatic rings. The summed E-state index contributed by atoms with van der Waals surface area (Å²) < 4.78 is 34.2. The zero-order valence-corrected chi connectivity index (χ0v) is 21.3. The minimum atomic E-state index is -3.73. The van der Waals surface area contributed by atoms with Crippen LogP contribution in [0, 0.1) is 0 Å². The van der Waals surface area contributed by atoms with Gasteiger partial charge >= 0.3 is 0 Å². The van der Waals surface area contributed by atoms with Gasteiger partial charge in [-0.2, -0.15) is 9.40 Å². The fourth-order valence-corrected chi connectivity index (χ4v) is 6.07. The first-order valence-electron chi connectivity index (χ1n) is 11.0. The molecule has 1 N–H and O–H groups in total. The van der Waals surface area contributed by atoms with Gasteiger partial charge in [-0.3, -0.25) is 4.79 Å². The summed E-state index contributed by atoms with van der Waals surface area (Å²) in [6.07, 6.45) is 3.10. The van der Waals surface area contributed by atoms with Crippen molar-refractivity contribution in [2.75, 3.05) is 37.4 Å². The molecule has 0 radical (unpaired) electrons. The molecule has 0 bridgehead atoms. The molecule has 0 aliphatic carbocycles. The van der Waals surface area contributed by atoms with Gasteiger partial charge in [0.1, 0.15) is 11.4 Å². The molecule has 1 aliphatic heterocycles. The number of amides is 1. The third kappa shape index (κ3) is 5.08. The summed E-state index contributed by atoms with van der Waals surface area (Å²) >= 11 is 7.48. The number of thioether (sulfide) groups is 1. The van der Waals surface area contributed by atoms with Gasteiger partial charge in [-0.15, -0.1) is 0 Å². The summed E-state index contributed by atoms with van der Waals surface area (Å²) in [7, 11) is -3.73. The van der Waals surface area contributed by atoms with E-state index in [0.29, 0.717) is 23.9 Å². The lowest BCUT2D eigenvalue weighted by Gasteiger charge is -2.26. The smallest absolute Gasteiger partial charge is 0.243 e. The van der Waals surface area contributed by atoms with Gasteiger partial charge in [-0.05, 0) is 30.3 Å². The number of sulfonamides is 1. The normalized spacial score (nSPS) is 14.7. The molecular weight excluding hydrogens is 524 g/mol. The number of nitrogens with zero attached hydrogens (tertiary/aromatic N) is 5. The fourth-order valence-electron chi connectivity index (χ4n) is 3.71. The third-order valence-electron chi connectivity index (χ3n) is 5.49. The Hall–Kier alpha value is -3.03. The van der Waals surface area contributed by atoms with E-state index in [2.05, 4.69) is 20.4 Å². The van der Waals surface area contributed by atoms with Crippen LogP contribution in [0.5, 0.6) is 0 Å². The number of para-hydroxylation sites is 1. The minimum Gasteiger partial charge on any atom is -0.379 e. The van der Waals surface area contributed by atoms with Gasteiger partial charge in [0.15, 0.2) is 5.65 Å². The van der Waals surface area contributed by atoms with E-state index in [-0.39, 0.29) is 40.4 Å². The number of carbonyl (C=O) groups excluding carboxylic acids is 1. The molecule has 36 heavy (non-hydrogen) atoms. The Balaban J connectivity index is 1.30. The first-order valence-corrected chi connectivity index (χ1v) is 13.8. The van der Waals surface area contributed by atoms with E-state index in [4.69, 9.17) is 16.3 Å². The largest absolute Gasteiger partial charge is 0.379 e. The van der Waals surface area contributed by atoms with Crippen LogP contribution in [0.15, 0.2) is 71.0 Å². The Morgan fingerprint density at radius 2 is 1.89 bits per heavy atom. The number of ether oxygens (including phenoxy) is 1. The number of benzene rings is 2. The predicted octanol–water partition coefficient (Wildman–Crippen LogP) is 3.22. The maximum Gasteiger partial charge on any atom is 0.243 e. The second-order valence-electron chi connectivity index (χ2n) is 7.80. The van der Waals surface area contributed by atoms with Crippen molar-refractivity contribution in [2.24, 2.45) is 0 Å². The molecular formula is C23H21ClN6O4S2. The van der Waals surface area contributed by atoms with E-state index in [1.165, 1.54) is 40.6 Å². The monoisotopic (exact) mass is 544 g/mol. The first kappa shape index (κ1) is 24.7. The second kappa shape index (κ2) is 10.5. The average Bonchev–Trinajstić information content (AvgIpc) is 3.34. The quantitative estimate of drug-likeness (QED) is 0.278. The Morgan fingerprint density at radius 3 is 2.67 bits per heavy atom. The zero-order valence-electron chi connectivity index (χ0n) is 18.9. The molecule has 10 nitrogen and oxygen atoms in total. The van der Waals surface area contributed by atoms with Crippen LogP contribution in [0.3, 0.4) is 0 Å². The van der Waals surface area contributed by atoms with Gasteiger partial charge in [-0.25, -0.2) is 23.1 Å². The summed E-state index contributed by atoms with van der Waals surface area (Å²) in [5, 5.41) is 8.69. The predicted molar refractivity (Wildman–Crippen MR) is 137 cm³/mol. The van der Waals surface area contributed by atoms with E-state index >= 15 is 0 Å². The van der Waals surface area contributed by atoms with Gasteiger partial charge in [0.25, 0.3) is 0 Å². The standard InChI is InChI=1S/C23H21ClN6O4S2/c24-19-7-6-17(36(32,33)29-8-10-34-11-9-29)12-20(19)28-21(31)14-35-23-18-13-27-30(22(18)25-15-26-23)16-4-2-1-3-5-16/h1-7,12-13,15H,8-11,14H2,(H,28,31). The Kier molecular flexibility index (Phi) is 7.21. The van der Waals surface area contributed by atoms with Crippen molar-refractivity contribution in [1.82, 2.24) is 24.1 Å². The number of morpholine rings is 1. The molecule has 3 heterocycles. The number of nitrogens with one attached hydrogen (secondary N) is 1. The van der Waals surface area contributed by atoms with Gasteiger partial charge in [0, 0.05) is 13.1 Å². The molecule has 1 amide bonds. The van der Waals surface area contributed by atoms with Crippen LogP contribution in [0.2, 0.25) is 5.02 Å². The van der Waals surface area contributed by atoms with Gasteiger partial charge in [0.2, 0.25) is 15.9 Å². The number of carbonyl (C=O) groups is 1. The molecule has 2 aromatic heterocycles. The molecule has 13 heteroatoms. The van der Waals surface area contributed by atoms with Gasteiger partial charge < -0.3 is 10.1 Å². The number of aromatic nitrogens is 4. The van der Waals surface area contributed by atoms with Crippen LogP contribution in [0.1, 0.15) is 0 Å². The SMILES string of the molecule is O=C(CSc1ncnc2c1cnn2-c1ccccc1)Nc1cc(S(=O)(=O)N2CCOCC2)ccc1Cl. The number of hydrogen-bond acceptors (Lipinski definition) is 8. The lowest BCUT2D eigenvalue weighted by molar-refractivity contribution is -0.113. The number of rotatable bonds is 7. The highest BCUT2D eigenvalue weighted by Gasteiger charge is 2.27. The van der Waals surface area contributed by atoms with Crippen LogP contribution >= 0.6 is 23.4 Å². The number of hydrogen-bond donors (Lipinski definition) is 1. The highest BCUT2D eigenvalue weighted by atomic mass is 35.5. The Bertz CT molecular complexity index is 1510. The van der Waals surface area contributed by atoms with Crippen LogP contribution in [-0.2, 0) is 19.6 Å². The zero-order chi connectivity index (χ0) is 25.1. The fraction of sp³-hybridized carbons (Fsp3) is 0.217. The van der Waals surface area contributed by atoms with Gasteiger partial charge in [-0.1, -0.05) is 41.6 Å². The van der Waals surface area contributed by atoms with E-state index in [1.54, 1.807) is 10.9 Å². The highest BCUT2D eigenvalue weighted by Crippen LogP contribution is 2.29. The molecule has 0 unspecified atom stereocenters. The van der Waals surface area contributed by atoms with Crippen molar-refractivity contribution >= 4 is 56.0 Å². The Morgan fingerprint density at radius 1 is 1.11 bits per heavy atom. The summed E-state index contributed by atoms with van der Waals surface area (Å²) in [4.78, 5) is 21.4. The molecule has 1 fully saturated rings. The summed E-state index contributed by atoms with van der Waals surface area (Å²) in [5.41, 5.74) is 1.71. The summed E-state index contributed by atoms with van der Waals surface area (Å²) in [5.74, 6) is -0.329. The van der Waals surface area contributed by atoms with Crippen LogP contribution in [-0.4, -0.2) is 70.4 Å². The van der Waals surface area contributed by atoms with Crippen LogP contribution in [0.25, 0.3) is 16.7 Å². The number of anilines is 1. The maximum absolute atomic E-state index is 13.0. The van der Waals surface area contributed by atoms with E-state index in [9.17, 15) is 13.2 Å². The topological polar surface area (TPSA) is 119 Å². The van der Waals surface area contributed by atoms with Crippen molar-refractivity contribution < 1.29 is 17.9 Å². The molecule has 2 aromatic carbocycles. The lowest BCUT2D eigenvalue weighted by atomic mass is 10.3. The van der Waals surface area contributed by atoms with Crippen molar-refractivity contribution in [3.05, 3.63) is 66.1 Å². The molecule has 0 atom stereocenters. The van der Waals surface area contributed by atoms with E-state index in [0.717, 1.165) is 11.1 Å². The molecule has 5 rings (SSSR count).